The van der Waals surface area contributed by atoms with Crippen molar-refractivity contribution in [1.82, 2.24) is 4.90 Å². The van der Waals surface area contributed by atoms with E-state index in [1.54, 1.807) is 5.56 Å². The molecule has 1 heteroatoms. The van der Waals surface area contributed by atoms with Gasteiger partial charge in [-0.25, -0.2) is 0 Å². The van der Waals surface area contributed by atoms with Gasteiger partial charge in [0.15, 0.2) is 0 Å². The van der Waals surface area contributed by atoms with E-state index < -0.39 is 0 Å². The van der Waals surface area contributed by atoms with Gasteiger partial charge in [-0.05, 0) is 57.1 Å². The molecule has 2 aliphatic heterocycles. The summed E-state index contributed by atoms with van der Waals surface area (Å²) in [6, 6.07) is 11.1. The minimum absolute atomic E-state index is 0.802. The van der Waals surface area contributed by atoms with Crippen molar-refractivity contribution in [1.29, 1.82) is 0 Å². The Hall–Kier alpha value is -0.820. The van der Waals surface area contributed by atoms with Crippen molar-refractivity contribution in [3.05, 3.63) is 35.4 Å². The number of piperidine rings is 1. The lowest BCUT2D eigenvalue weighted by atomic mass is 9.74. The van der Waals surface area contributed by atoms with Crippen molar-refractivity contribution >= 4 is 0 Å². The smallest absolute Gasteiger partial charge is 0.0130 e. The molecular weight excluding hydrogens is 242 g/mol. The second kappa shape index (κ2) is 5.89. The molecular formula is C19H29N. The molecule has 1 nitrogen and oxygen atoms in total. The third kappa shape index (κ3) is 2.53. The SMILES string of the molecule is CCCC[C@H]1[C@H](c2ccc(C)cc2)C[C@@H]2CC[C@@H]1N2C. The Morgan fingerprint density at radius 3 is 2.60 bits per heavy atom. The van der Waals surface area contributed by atoms with Crippen molar-refractivity contribution in [3.63, 3.8) is 0 Å². The molecule has 0 radical (unpaired) electrons. The number of benzene rings is 1. The molecule has 0 spiro atoms. The van der Waals surface area contributed by atoms with E-state index in [0.717, 1.165) is 23.9 Å². The molecule has 2 fully saturated rings. The maximum atomic E-state index is 2.70. The number of aryl methyl sites for hydroxylation is 1. The Kier molecular flexibility index (Phi) is 4.16. The number of nitrogens with zero attached hydrogens (tertiary/aromatic N) is 1. The molecule has 1 aromatic carbocycles. The van der Waals surface area contributed by atoms with Crippen LogP contribution >= 0.6 is 0 Å². The second-order valence-electron chi connectivity index (χ2n) is 7.02. The van der Waals surface area contributed by atoms with Gasteiger partial charge in [-0.2, -0.15) is 0 Å². The van der Waals surface area contributed by atoms with E-state index in [4.69, 9.17) is 0 Å². The zero-order chi connectivity index (χ0) is 14.1. The number of hydrogen-bond acceptors (Lipinski definition) is 1. The van der Waals surface area contributed by atoms with Crippen LogP contribution in [-0.4, -0.2) is 24.0 Å². The van der Waals surface area contributed by atoms with Crippen molar-refractivity contribution in [3.8, 4) is 0 Å². The third-order valence-electron chi connectivity index (χ3n) is 5.83. The van der Waals surface area contributed by atoms with E-state index in [2.05, 4.69) is 50.1 Å². The van der Waals surface area contributed by atoms with Crippen LogP contribution in [0, 0.1) is 12.8 Å². The maximum Gasteiger partial charge on any atom is 0.0130 e. The highest BCUT2D eigenvalue weighted by Gasteiger charge is 2.45. The fourth-order valence-electron chi connectivity index (χ4n) is 4.61. The summed E-state index contributed by atoms with van der Waals surface area (Å²) in [7, 11) is 2.37. The van der Waals surface area contributed by atoms with Crippen molar-refractivity contribution in [2.75, 3.05) is 7.05 Å². The largest absolute Gasteiger partial charge is 0.300 e. The number of unbranched alkanes of at least 4 members (excludes halogenated alkanes) is 1. The first-order valence-corrected chi connectivity index (χ1v) is 8.49. The summed E-state index contributed by atoms with van der Waals surface area (Å²) >= 11 is 0. The van der Waals surface area contributed by atoms with Crippen LogP contribution in [0.4, 0.5) is 0 Å². The van der Waals surface area contributed by atoms with Crippen LogP contribution in [0.25, 0.3) is 0 Å². The minimum atomic E-state index is 0.802. The van der Waals surface area contributed by atoms with E-state index in [0.29, 0.717) is 0 Å². The van der Waals surface area contributed by atoms with Gasteiger partial charge in [0.05, 0.1) is 0 Å². The van der Waals surface area contributed by atoms with Gasteiger partial charge in [-0.3, -0.25) is 0 Å². The van der Waals surface area contributed by atoms with Crippen LogP contribution in [0.2, 0.25) is 0 Å². The summed E-state index contributed by atoms with van der Waals surface area (Å²) < 4.78 is 0. The highest BCUT2D eigenvalue weighted by atomic mass is 15.2. The number of hydrogen-bond donors (Lipinski definition) is 0. The average Bonchev–Trinajstić information content (AvgIpc) is 2.71. The highest BCUT2D eigenvalue weighted by molar-refractivity contribution is 5.27. The molecule has 0 saturated carbocycles. The van der Waals surface area contributed by atoms with Crippen molar-refractivity contribution in [2.24, 2.45) is 5.92 Å². The van der Waals surface area contributed by atoms with E-state index in [1.807, 2.05) is 0 Å². The topological polar surface area (TPSA) is 3.24 Å². The molecule has 0 aliphatic carbocycles. The molecule has 0 aromatic heterocycles. The Morgan fingerprint density at radius 1 is 1.15 bits per heavy atom. The van der Waals surface area contributed by atoms with Gasteiger partial charge in [-0.1, -0.05) is 49.6 Å². The molecule has 1 aromatic rings. The quantitative estimate of drug-likeness (QED) is 0.763. The summed E-state index contributed by atoms with van der Waals surface area (Å²) in [5.41, 5.74) is 2.98. The molecule has 2 saturated heterocycles. The molecule has 110 valence electrons. The Bertz CT molecular complexity index is 436. The van der Waals surface area contributed by atoms with Crippen LogP contribution in [0.15, 0.2) is 24.3 Å². The Morgan fingerprint density at radius 2 is 1.90 bits per heavy atom. The molecule has 2 aliphatic rings. The molecule has 2 heterocycles. The molecule has 4 atom stereocenters. The molecule has 0 N–H and O–H groups in total. The van der Waals surface area contributed by atoms with Gasteiger partial charge in [0.2, 0.25) is 0 Å². The summed E-state index contributed by atoms with van der Waals surface area (Å²) in [6.07, 6.45) is 8.37. The monoisotopic (exact) mass is 271 g/mol. The first kappa shape index (κ1) is 14.1. The predicted molar refractivity (Wildman–Crippen MR) is 86.1 cm³/mol. The third-order valence-corrected chi connectivity index (χ3v) is 5.83. The van der Waals surface area contributed by atoms with Crippen LogP contribution in [-0.2, 0) is 0 Å². The summed E-state index contributed by atoms with van der Waals surface area (Å²) in [5.74, 6) is 1.68. The Labute approximate surface area is 124 Å². The van der Waals surface area contributed by atoms with E-state index in [9.17, 15) is 0 Å². The van der Waals surface area contributed by atoms with Gasteiger partial charge in [-0.15, -0.1) is 0 Å². The molecule has 0 amide bonds. The first-order valence-electron chi connectivity index (χ1n) is 8.49. The number of fused-ring (bicyclic) bond motifs is 2. The second-order valence-corrected chi connectivity index (χ2v) is 7.02. The fourth-order valence-corrected chi connectivity index (χ4v) is 4.61. The summed E-state index contributed by atoms with van der Waals surface area (Å²) in [4.78, 5) is 2.70. The van der Waals surface area contributed by atoms with Gasteiger partial charge in [0.25, 0.3) is 0 Å². The van der Waals surface area contributed by atoms with E-state index in [1.165, 1.54) is 44.1 Å². The zero-order valence-electron chi connectivity index (χ0n) is 13.3. The van der Waals surface area contributed by atoms with Crippen LogP contribution in [0.1, 0.15) is 62.5 Å². The lowest BCUT2D eigenvalue weighted by Crippen LogP contribution is -2.45. The van der Waals surface area contributed by atoms with Crippen LogP contribution in [0.3, 0.4) is 0 Å². The average molecular weight is 271 g/mol. The first-order chi connectivity index (χ1) is 9.70. The molecule has 2 bridgehead atoms. The van der Waals surface area contributed by atoms with Crippen molar-refractivity contribution < 1.29 is 0 Å². The van der Waals surface area contributed by atoms with Gasteiger partial charge in [0.1, 0.15) is 0 Å². The minimum Gasteiger partial charge on any atom is -0.300 e. The van der Waals surface area contributed by atoms with E-state index >= 15 is 0 Å². The van der Waals surface area contributed by atoms with E-state index in [-0.39, 0.29) is 0 Å². The Balaban J connectivity index is 1.85. The molecule has 3 rings (SSSR count). The van der Waals surface area contributed by atoms with Crippen molar-refractivity contribution in [2.45, 2.75) is 70.4 Å². The normalized spacial score (nSPS) is 33.5. The molecule has 0 unspecified atom stereocenters. The summed E-state index contributed by atoms with van der Waals surface area (Å²) in [6.45, 7) is 4.52. The lowest BCUT2D eigenvalue weighted by molar-refractivity contribution is 0.0931. The van der Waals surface area contributed by atoms with Gasteiger partial charge < -0.3 is 4.90 Å². The van der Waals surface area contributed by atoms with Crippen LogP contribution in [0.5, 0.6) is 0 Å². The lowest BCUT2D eigenvalue weighted by Gasteiger charge is -2.43. The van der Waals surface area contributed by atoms with Gasteiger partial charge >= 0.3 is 0 Å². The fraction of sp³-hybridized carbons (Fsp3) is 0.684. The van der Waals surface area contributed by atoms with Crippen LogP contribution < -0.4 is 0 Å². The standard InChI is InChI=1S/C19H29N/c1-4-5-6-17-18(15-9-7-14(2)8-10-15)13-16-11-12-19(17)20(16)3/h7-10,16-19H,4-6,11-13H2,1-3H3/t16-,17-,18-,19-/m0/s1. The summed E-state index contributed by atoms with van der Waals surface area (Å²) in [5, 5.41) is 0. The predicted octanol–water partition coefficient (Wildman–Crippen LogP) is 4.75. The zero-order valence-corrected chi connectivity index (χ0v) is 13.3. The molecule has 20 heavy (non-hydrogen) atoms. The number of rotatable bonds is 4. The highest BCUT2D eigenvalue weighted by Crippen LogP contribution is 2.47. The maximum absolute atomic E-state index is 2.70. The van der Waals surface area contributed by atoms with Gasteiger partial charge in [0, 0.05) is 12.1 Å².